The number of carbonyl (C=O) groups excluding carboxylic acids is 1. The number of oxazole rings is 1. The van der Waals surface area contributed by atoms with E-state index >= 15 is 0 Å². The van der Waals surface area contributed by atoms with E-state index in [2.05, 4.69) is 15.3 Å². The SMILES string of the molecule is COCCn1ccc2cc(NC(=O)c3nc(-c4ccccc4)oc3C(F)(F)F)cnc21. The highest BCUT2D eigenvalue weighted by atomic mass is 19.4. The fourth-order valence-corrected chi connectivity index (χ4v) is 3.08. The monoisotopic (exact) mass is 430 g/mol. The number of amides is 1. The summed E-state index contributed by atoms with van der Waals surface area (Å²) in [6.45, 7) is 1.09. The Balaban J connectivity index is 1.63. The summed E-state index contributed by atoms with van der Waals surface area (Å²) in [7, 11) is 1.59. The molecule has 4 aromatic rings. The van der Waals surface area contributed by atoms with Gasteiger partial charge in [0.25, 0.3) is 5.91 Å². The Morgan fingerprint density at radius 3 is 2.71 bits per heavy atom. The first-order chi connectivity index (χ1) is 14.9. The van der Waals surface area contributed by atoms with Crippen LogP contribution in [-0.2, 0) is 17.5 Å². The number of carbonyl (C=O) groups is 1. The summed E-state index contributed by atoms with van der Waals surface area (Å²) >= 11 is 0. The van der Waals surface area contributed by atoms with E-state index in [1.807, 2.05) is 10.8 Å². The van der Waals surface area contributed by atoms with Gasteiger partial charge in [-0.1, -0.05) is 18.2 Å². The number of alkyl halides is 3. The summed E-state index contributed by atoms with van der Waals surface area (Å²) in [6, 6.07) is 11.5. The molecule has 7 nitrogen and oxygen atoms in total. The van der Waals surface area contributed by atoms with E-state index in [1.54, 1.807) is 49.6 Å². The van der Waals surface area contributed by atoms with Gasteiger partial charge in [-0.05, 0) is 24.3 Å². The molecule has 0 saturated carbocycles. The van der Waals surface area contributed by atoms with Crippen molar-refractivity contribution in [3.8, 4) is 11.5 Å². The van der Waals surface area contributed by atoms with Crippen LogP contribution >= 0.6 is 0 Å². The number of rotatable bonds is 6. The van der Waals surface area contributed by atoms with Crippen molar-refractivity contribution in [3.63, 3.8) is 0 Å². The zero-order chi connectivity index (χ0) is 22.0. The van der Waals surface area contributed by atoms with Crippen LogP contribution in [0.25, 0.3) is 22.5 Å². The van der Waals surface area contributed by atoms with Crippen LogP contribution < -0.4 is 5.32 Å². The lowest BCUT2D eigenvalue weighted by atomic mass is 10.2. The first-order valence-corrected chi connectivity index (χ1v) is 9.25. The zero-order valence-corrected chi connectivity index (χ0v) is 16.3. The molecule has 160 valence electrons. The van der Waals surface area contributed by atoms with Gasteiger partial charge in [-0.3, -0.25) is 4.79 Å². The van der Waals surface area contributed by atoms with Crippen LogP contribution in [0.3, 0.4) is 0 Å². The molecule has 0 aliphatic heterocycles. The zero-order valence-electron chi connectivity index (χ0n) is 16.3. The van der Waals surface area contributed by atoms with E-state index in [9.17, 15) is 18.0 Å². The smallest absolute Gasteiger partial charge is 0.431 e. The third-order valence-electron chi connectivity index (χ3n) is 4.52. The first-order valence-electron chi connectivity index (χ1n) is 9.25. The number of fused-ring (bicyclic) bond motifs is 1. The molecule has 1 N–H and O–H groups in total. The van der Waals surface area contributed by atoms with E-state index in [4.69, 9.17) is 9.15 Å². The van der Waals surface area contributed by atoms with Crippen LogP contribution in [0.2, 0.25) is 0 Å². The van der Waals surface area contributed by atoms with Crippen LogP contribution in [0.15, 0.2) is 59.3 Å². The summed E-state index contributed by atoms with van der Waals surface area (Å²) in [4.78, 5) is 20.7. The third kappa shape index (κ3) is 4.29. The predicted octanol–water partition coefficient (Wildman–Crippen LogP) is 4.61. The van der Waals surface area contributed by atoms with Crippen LogP contribution in [0.5, 0.6) is 0 Å². The number of halogens is 3. The second-order valence-corrected chi connectivity index (χ2v) is 6.65. The predicted molar refractivity (Wildman–Crippen MR) is 107 cm³/mol. The first kappa shape index (κ1) is 20.6. The van der Waals surface area contributed by atoms with Crippen molar-refractivity contribution in [3.05, 3.63) is 66.3 Å². The second kappa shape index (κ2) is 8.23. The lowest BCUT2D eigenvalue weighted by Gasteiger charge is -2.07. The van der Waals surface area contributed by atoms with Crippen molar-refractivity contribution in [1.29, 1.82) is 0 Å². The van der Waals surface area contributed by atoms with E-state index in [0.717, 1.165) is 5.39 Å². The fourth-order valence-electron chi connectivity index (χ4n) is 3.08. The average molecular weight is 430 g/mol. The Labute approximate surface area is 174 Å². The Hall–Kier alpha value is -3.66. The molecule has 4 rings (SSSR count). The molecule has 0 bridgehead atoms. The number of methoxy groups -OCH3 is 1. The molecule has 1 amide bonds. The molecule has 0 fully saturated rings. The molecule has 1 aromatic carbocycles. The number of nitrogens with zero attached hydrogens (tertiary/aromatic N) is 3. The summed E-state index contributed by atoms with van der Waals surface area (Å²) < 4.78 is 52.2. The number of hydrogen-bond donors (Lipinski definition) is 1. The van der Waals surface area contributed by atoms with Gasteiger partial charge in [0.05, 0.1) is 18.5 Å². The van der Waals surface area contributed by atoms with Crippen molar-refractivity contribution in [1.82, 2.24) is 14.5 Å². The highest BCUT2D eigenvalue weighted by Crippen LogP contribution is 2.35. The molecule has 3 aromatic heterocycles. The van der Waals surface area contributed by atoms with Crippen LogP contribution in [0, 0.1) is 0 Å². The van der Waals surface area contributed by atoms with Gasteiger partial charge in [-0.25, -0.2) is 9.97 Å². The Morgan fingerprint density at radius 2 is 2.00 bits per heavy atom. The summed E-state index contributed by atoms with van der Waals surface area (Å²) in [5, 5.41) is 3.14. The maximum absolute atomic E-state index is 13.5. The van der Waals surface area contributed by atoms with Crippen LogP contribution in [0.1, 0.15) is 16.2 Å². The van der Waals surface area contributed by atoms with Gasteiger partial charge in [0.2, 0.25) is 11.7 Å². The fraction of sp³-hybridized carbons (Fsp3) is 0.190. The minimum absolute atomic E-state index is 0.236. The quantitative estimate of drug-likeness (QED) is 0.483. The lowest BCUT2D eigenvalue weighted by molar-refractivity contribution is -0.153. The number of pyridine rings is 1. The van der Waals surface area contributed by atoms with E-state index < -0.39 is 23.5 Å². The molecule has 10 heteroatoms. The van der Waals surface area contributed by atoms with Gasteiger partial charge in [0.1, 0.15) is 5.65 Å². The molecular weight excluding hydrogens is 413 g/mol. The standard InChI is InChI=1S/C21H17F3N4O3/c1-30-10-9-28-8-7-14-11-15(12-25-18(14)28)26-19(29)16-17(21(22,23)24)31-20(27-16)13-5-3-2-4-6-13/h2-8,11-12H,9-10H2,1H3,(H,26,29). The van der Waals surface area contributed by atoms with E-state index in [0.29, 0.717) is 24.4 Å². The molecule has 31 heavy (non-hydrogen) atoms. The molecule has 0 unspecified atom stereocenters. The van der Waals surface area contributed by atoms with Crippen LogP contribution in [0.4, 0.5) is 18.9 Å². The summed E-state index contributed by atoms with van der Waals surface area (Å²) in [6.07, 6.45) is -1.70. The molecular formula is C21H17F3N4O3. The molecule has 0 atom stereocenters. The van der Waals surface area contributed by atoms with Crippen molar-refractivity contribution in [2.24, 2.45) is 0 Å². The number of aromatic nitrogens is 3. The van der Waals surface area contributed by atoms with Crippen molar-refractivity contribution >= 4 is 22.6 Å². The minimum Gasteiger partial charge on any atom is -0.431 e. The minimum atomic E-state index is -4.88. The molecule has 0 saturated heterocycles. The van der Waals surface area contributed by atoms with Gasteiger partial charge in [0, 0.05) is 30.8 Å². The number of benzene rings is 1. The second-order valence-electron chi connectivity index (χ2n) is 6.65. The maximum Gasteiger partial charge on any atom is 0.452 e. The topological polar surface area (TPSA) is 82.2 Å². The van der Waals surface area contributed by atoms with Crippen molar-refractivity contribution in [2.75, 3.05) is 19.0 Å². The number of anilines is 1. The normalized spacial score (nSPS) is 11.7. The van der Waals surface area contributed by atoms with E-state index in [1.165, 1.54) is 6.20 Å². The van der Waals surface area contributed by atoms with Crippen molar-refractivity contribution < 1.29 is 27.1 Å². The number of nitrogens with one attached hydrogen (secondary N) is 1. The van der Waals surface area contributed by atoms with Crippen molar-refractivity contribution in [2.45, 2.75) is 12.7 Å². The van der Waals surface area contributed by atoms with Gasteiger partial charge < -0.3 is 19.0 Å². The highest BCUT2D eigenvalue weighted by Gasteiger charge is 2.42. The maximum atomic E-state index is 13.5. The Kier molecular flexibility index (Phi) is 5.47. The molecule has 0 aliphatic carbocycles. The van der Waals surface area contributed by atoms with Gasteiger partial charge in [0.15, 0.2) is 5.69 Å². The molecule has 3 heterocycles. The van der Waals surface area contributed by atoms with Gasteiger partial charge >= 0.3 is 6.18 Å². The molecule has 0 spiro atoms. The summed E-state index contributed by atoms with van der Waals surface area (Å²) in [5.74, 6) is -2.79. The largest absolute Gasteiger partial charge is 0.452 e. The third-order valence-corrected chi connectivity index (χ3v) is 4.52. The summed E-state index contributed by atoms with van der Waals surface area (Å²) in [5.41, 5.74) is 0.384. The molecule has 0 radical (unpaired) electrons. The average Bonchev–Trinajstić information content (AvgIpc) is 3.37. The Morgan fingerprint density at radius 1 is 1.23 bits per heavy atom. The van der Waals surface area contributed by atoms with Gasteiger partial charge in [-0.2, -0.15) is 13.2 Å². The molecule has 0 aliphatic rings. The van der Waals surface area contributed by atoms with Gasteiger partial charge in [-0.15, -0.1) is 0 Å². The lowest BCUT2D eigenvalue weighted by Crippen LogP contribution is -2.18. The Bertz CT molecular complexity index is 1220. The highest BCUT2D eigenvalue weighted by molar-refractivity contribution is 6.04. The number of hydrogen-bond acceptors (Lipinski definition) is 5. The van der Waals surface area contributed by atoms with Crippen LogP contribution in [-0.4, -0.2) is 34.2 Å². The number of ether oxygens (including phenoxy) is 1. The van der Waals surface area contributed by atoms with E-state index in [-0.39, 0.29) is 11.6 Å².